The molecule has 0 bridgehead atoms. The molecule has 0 aliphatic carbocycles. The van der Waals surface area contributed by atoms with Crippen LogP contribution in [0.1, 0.15) is 84.5 Å². The van der Waals surface area contributed by atoms with E-state index in [-0.39, 0.29) is 0 Å². The smallest absolute Gasteiger partial charge is 0.0743 e. The molecular formula is C18H39NO2. The fourth-order valence-corrected chi connectivity index (χ4v) is 2.61. The maximum atomic E-state index is 10.2. The quantitative estimate of drug-likeness (QED) is 0.418. The van der Waals surface area contributed by atoms with Crippen molar-refractivity contribution in [2.24, 2.45) is 0 Å². The van der Waals surface area contributed by atoms with Crippen LogP contribution in [0.4, 0.5) is 0 Å². The molecule has 0 aromatic rings. The summed E-state index contributed by atoms with van der Waals surface area (Å²) in [6.07, 6.45) is 14.3. The van der Waals surface area contributed by atoms with Crippen LogP contribution in [-0.4, -0.2) is 37.5 Å². The van der Waals surface area contributed by atoms with Gasteiger partial charge in [-0.2, -0.15) is 0 Å². The van der Waals surface area contributed by atoms with Gasteiger partial charge in [0, 0.05) is 20.2 Å². The number of aliphatic hydroxyl groups is 1. The van der Waals surface area contributed by atoms with E-state index in [1.165, 1.54) is 57.8 Å². The molecule has 3 nitrogen and oxygen atoms in total. The summed E-state index contributed by atoms with van der Waals surface area (Å²) in [5.41, 5.74) is -0.576. The second-order valence-corrected chi connectivity index (χ2v) is 6.60. The van der Waals surface area contributed by atoms with Gasteiger partial charge in [0.15, 0.2) is 0 Å². The molecule has 0 rings (SSSR count). The average Bonchev–Trinajstić information content (AvgIpc) is 2.45. The van der Waals surface area contributed by atoms with Crippen molar-refractivity contribution in [1.82, 2.24) is 5.32 Å². The van der Waals surface area contributed by atoms with E-state index in [0.29, 0.717) is 13.2 Å². The highest BCUT2D eigenvalue weighted by Crippen LogP contribution is 2.16. The van der Waals surface area contributed by atoms with Gasteiger partial charge < -0.3 is 15.2 Å². The van der Waals surface area contributed by atoms with Crippen molar-refractivity contribution in [2.75, 3.05) is 26.8 Å². The number of nitrogens with one attached hydrogen (secondary N) is 1. The van der Waals surface area contributed by atoms with Gasteiger partial charge in [0.25, 0.3) is 0 Å². The molecule has 0 fully saturated rings. The average molecular weight is 302 g/mol. The Bertz CT molecular complexity index is 207. The summed E-state index contributed by atoms with van der Waals surface area (Å²) >= 11 is 0. The molecule has 21 heavy (non-hydrogen) atoms. The van der Waals surface area contributed by atoms with Crippen molar-refractivity contribution in [3.63, 3.8) is 0 Å². The van der Waals surface area contributed by atoms with Gasteiger partial charge in [0.1, 0.15) is 0 Å². The van der Waals surface area contributed by atoms with Crippen LogP contribution >= 0.6 is 0 Å². The Labute approximate surface area is 132 Å². The number of ether oxygens (including phenoxy) is 1. The van der Waals surface area contributed by atoms with Crippen molar-refractivity contribution in [3.8, 4) is 0 Å². The third kappa shape index (κ3) is 16.1. The molecule has 0 aliphatic heterocycles. The lowest BCUT2D eigenvalue weighted by Gasteiger charge is -2.23. The molecule has 0 saturated heterocycles. The summed E-state index contributed by atoms with van der Waals surface area (Å²) < 4.78 is 4.98. The number of methoxy groups -OCH3 is 1. The monoisotopic (exact) mass is 301 g/mol. The van der Waals surface area contributed by atoms with Crippen LogP contribution in [0.25, 0.3) is 0 Å². The molecule has 0 spiro atoms. The molecule has 0 aromatic heterocycles. The van der Waals surface area contributed by atoms with Crippen LogP contribution in [0.3, 0.4) is 0 Å². The maximum absolute atomic E-state index is 10.2. The fraction of sp³-hybridized carbons (Fsp3) is 1.00. The van der Waals surface area contributed by atoms with Crippen LogP contribution in [0.2, 0.25) is 0 Å². The van der Waals surface area contributed by atoms with Crippen LogP contribution in [0, 0.1) is 0 Å². The zero-order valence-electron chi connectivity index (χ0n) is 14.8. The van der Waals surface area contributed by atoms with Gasteiger partial charge in [0.2, 0.25) is 0 Å². The molecule has 1 atom stereocenters. The van der Waals surface area contributed by atoms with Crippen molar-refractivity contribution >= 4 is 0 Å². The third-order valence-electron chi connectivity index (χ3n) is 4.06. The van der Waals surface area contributed by atoms with E-state index in [2.05, 4.69) is 12.2 Å². The second-order valence-electron chi connectivity index (χ2n) is 6.60. The lowest BCUT2D eigenvalue weighted by molar-refractivity contribution is 0.0463. The minimum Gasteiger partial charge on any atom is -0.389 e. The van der Waals surface area contributed by atoms with Crippen LogP contribution in [-0.2, 0) is 4.74 Å². The van der Waals surface area contributed by atoms with E-state index in [1.54, 1.807) is 7.11 Å². The summed E-state index contributed by atoms with van der Waals surface area (Å²) in [7, 11) is 1.70. The highest BCUT2D eigenvalue weighted by Gasteiger charge is 2.18. The maximum Gasteiger partial charge on any atom is 0.0743 e. The first kappa shape index (κ1) is 20.9. The summed E-state index contributed by atoms with van der Waals surface area (Å²) in [5.74, 6) is 0. The minimum atomic E-state index is -0.576. The number of unbranched alkanes of at least 4 members (excludes halogenated alkanes) is 9. The lowest BCUT2D eigenvalue weighted by atomic mass is 9.97. The predicted molar refractivity (Wildman–Crippen MR) is 91.8 cm³/mol. The number of hydrogen-bond acceptors (Lipinski definition) is 3. The lowest BCUT2D eigenvalue weighted by Crippen LogP contribution is -2.38. The highest BCUT2D eigenvalue weighted by molar-refractivity contribution is 4.75. The van der Waals surface area contributed by atoms with Crippen LogP contribution < -0.4 is 5.32 Å². The fourth-order valence-electron chi connectivity index (χ4n) is 2.61. The molecule has 0 aromatic carbocycles. The first-order valence-corrected chi connectivity index (χ1v) is 9.04. The van der Waals surface area contributed by atoms with Crippen molar-refractivity contribution in [3.05, 3.63) is 0 Å². The topological polar surface area (TPSA) is 41.5 Å². The normalized spacial score (nSPS) is 14.3. The molecular weight excluding hydrogens is 262 g/mol. The third-order valence-corrected chi connectivity index (χ3v) is 4.06. The first-order valence-electron chi connectivity index (χ1n) is 9.04. The second kappa shape index (κ2) is 14.8. The number of rotatable bonds is 16. The molecule has 0 saturated carbocycles. The van der Waals surface area contributed by atoms with Crippen molar-refractivity contribution in [2.45, 2.75) is 90.1 Å². The molecule has 0 heterocycles. The highest BCUT2D eigenvalue weighted by atomic mass is 16.5. The van der Waals surface area contributed by atoms with Gasteiger partial charge in [-0.15, -0.1) is 0 Å². The van der Waals surface area contributed by atoms with Crippen LogP contribution in [0.5, 0.6) is 0 Å². The van der Waals surface area contributed by atoms with Gasteiger partial charge in [-0.3, -0.25) is 0 Å². The summed E-state index contributed by atoms with van der Waals surface area (Å²) in [5, 5.41) is 13.5. The summed E-state index contributed by atoms with van der Waals surface area (Å²) in [6, 6.07) is 0. The Morgan fingerprint density at radius 1 is 0.905 bits per heavy atom. The largest absolute Gasteiger partial charge is 0.389 e. The zero-order chi connectivity index (χ0) is 15.8. The summed E-state index contributed by atoms with van der Waals surface area (Å²) in [6.45, 7) is 6.37. The molecule has 128 valence electrons. The molecule has 1 unspecified atom stereocenters. The molecule has 0 amide bonds. The predicted octanol–water partition coefficient (Wildman–Crippen LogP) is 4.28. The standard InChI is InChI=1S/C18H39NO2/c1-4-5-6-7-8-9-10-11-12-13-14-18(2,20)17-19-15-16-21-3/h19-20H,4-17H2,1-3H3. The van der Waals surface area contributed by atoms with Gasteiger partial charge in [-0.25, -0.2) is 0 Å². The van der Waals surface area contributed by atoms with Gasteiger partial charge >= 0.3 is 0 Å². The molecule has 0 radical (unpaired) electrons. The van der Waals surface area contributed by atoms with E-state index in [9.17, 15) is 5.11 Å². The SMILES string of the molecule is CCCCCCCCCCCCC(C)(O)CNCCOC. The van der Waals surface area contributed by atoms with Gasteiger partial charge in [-0.05, 0) is 13.3 Å². The van der Waals surface area contributed by atoms with Crippen LogP contribution in [0.15, 0.2) is 0 Å². The number of hydrogen-bond donors (Lipinski definition) is 2. The van der Waals surface area contributed by atoms with Gasteiger partial charge in [-0.1, -0.05) is 71.1 Å². The van der Waals surface area contributed by atoms with Gasteiger partial charge in [0.05, 0.1) is 12.2 Å². The van der Waals surface area contributed by atoms with E-state index >= 15 is 0 Å². The molecule has 2 N–H and O–H groups in total. The van der Waals surface area contributed by atoms with Crippen molar-refractivity contribution in [1.29, 1.82) is 0 Å². The van der Waals surface area contributed by atoms with E-state index in [1.807, 2.05) is 6.92 Å². The van der Waals surface area contributed by atoms with Crippen molar-refractivity contribution < 1.29 is 9.84 Å². The first-order chi connectivity index (χ1) is 10.1. The minimum absolute atomic E-state index is 0.576. The molecule has 0 aliphatic rings. The Hall–Kier alpha value is -0.120. The Kier molecular flexibility index (Phi) is 14.7. The van der Waals surface area contributed by atoms with E-state index < -0.39 is 5.60 Å². The Balaban J connectivity index is 3.28. The Morgan fingerprint density at radius 3 is 1.95 bits per heavy atom. The summed E-state index contributed by atoms with van der Waals surface area (Å²) in [4.78, 5) is 0. The molecule has 3 heteroatoms. The zero-order valence-corrected chi connectivity index (χ0v) is 14.8. The van der Waals surface area contributed by atoms with E-state index in [0.717, 1.165) is 19.4 Å². The van der Waals surface area contributed by atoms with E-state index in [4.69, 9.17) is 4.74 Å². The Morgan fingerprint density at radius 2 is 1.43 bits per heavy atom.